The molecule has 3 nitrogen and oxygen atoms in total. The first-order valence-corrected chi connectivity index (χ1v) is 4.88. The number of aryl methyl sites for hydroxylation is 1. The van der Waals surface area contributed by atoms with Crippen molar-refractivity contribution in [1.29, 1.82) is 0 Å². The van der Waals surface area contributed by atoms with Crippen LogP contribution in [0.1, 0.15) is 35.1 Å². The molecule has 0 saturated carbocycles. The summed E-state index contributed by atoms with van der Waals surface area (Å²) in [6.07, 6.45) is 0. The smallest absolute Gasteiger partial charge is 0.310 e. The van der Waals surface area contributed by atoms with Gasteiger partial charge < -0.3 is 10.2 Å². The third-order valence-electron chi connectivity index (χ3n) is 2.93. The van der Waals surface area contributed by atoms with E-state index in [0.717, 1.165) is 22.3 Å². The van der Waals surface area contributed by atoms with E-state index in [-0.39, 0.29) is 5.75 Å². The number of benzene rings is 1. The Bertz CT molecular complexity index is 408. The minimum absolute atomic E-state index is 0.258. The molecule has 15 heavy (non-hydrogen) atoms. The highest BCUT2D eigenvalue weighted by Gasteiger charge is 2.19. The summed E-state index contributed by atoms with van der Waals surface area (Å²) in [6.45, 7) is 7.07. The molecule has 0 spiro atoms. The molecule has 0 saturated heterocycles. The molecule has 0 aromatic heterocycles. The van der Waals surface area contributed by atoms with Crippen molar-refractivity contribution in [2.24, 2.45) is 0 Å². The maximum atomic E-state index is 10.9. The fourth-order valence-electron chi connectivity index (χ4n) is 1.68. The lowest BCUT2D eigenvalue weighted by Gasteiger charge is -2.15. The zero-order chi connectivity index (χ0) is 11.7. The van der Waals surface area contributed by atoms with Crippen LogP contribution >= 0.6 is 0 Å². The van der Waals surface area contributed by atoms with Gasteiger partial charge in [-0.15, -0.1) is 0 Å². The molecule has 0 aliphatic heterocycles. The predicted octanol–water partition coefficient (Wildman–Crippen LogP) is 2.51. The molecule has 1 aromatic carbocycles. The number of carboxylic acids is 1. The molecular formula is C12H16O3. The van der Waals surface area contributed by atoms with Gasteiger partial charge in [-0.2, -0.15) is 0 Å². The quantitative estimate of drug-likeness (QED) is 0.785. The molecule has 1 aromatic rings. The second kappa shape index (κ2) is 3.93. The van der Waals surface area contributed by atoms with E-state index in [1.165, 1.54) is 0 Å². The van der Waals surface area contributed by atoms with Gasteiger partial charge in [0.25, 0.3) is 0 Å². The summed E-state index contributed by atoms with van der Waals surface area (Å²) < 4.78 is 0. The molecule has 0 heterocycles. The first-order chi connectivity index (χ1) is 6.86. The van der Waals surface area contributed by atoms with Crippen LogP contribution in [0, 0.1) is 20.8 Å². The zero-order valence-corrected chi connectivity index (χ0v) is 9.46. The van der Waals surface area contributed by atoms with Crippen molar-refractivity contribution in [2.75, 3.05) is 0 Å². The van der Waals surface area contributed by atoms with Crippen molar-refractivity contribution in [3.05, 3.63) is 28.3 Å². The van der Waals surface area contributed by atoms with Gasteiger partial charge in [0.15, 0.2) is 0 Å². The van der Waals surface area contributed by atoms with E-state index in [1.54, 1.807) is 26.8 Å². The summed E-state index contributed by atoms with van der Waals surface area (Å²) in [7, 11) is 0. The Hall–Kier alpha value is -1.51. The van der Waals surface area contributed by atoms with Gasteiger partial charge in [0.05, 0.1) is 5.92 Å². The van der Waals surface area contributed by atoms with E-state index in [1.807, 2.05) is 6.92 Å². The molecule has 1 atom stereocenters. The Morgan fingerprint density at radius 3 is 2.27 bits per heavy atom. The van der Waals surface area contributed by atoms with Crippen LogP contribution < -0.4 is 0 Å². The third kappa shape index (κ3) is 1.96. The lowest BCUT2D eigenvalue weighted by Crippen LogP contribution is -2.10. The summed E-state index contributed by atoms with van der Waals surface area (Å²) in [5, 5.41) is 18.6. The minimum atomic E-state index is -0.845. The number of hydrogen-bond acceptors (Lipinski definition) is 2. The van der Waals surface area contributed by atoms with Crippen molar-refractivity contribution in [3.8, 4) is 5.75 Å². The molecule has 0 amide bonds. The molecule has 1 rings (SSSR count). The summed E-state index contributed by atoms with van der Waals surface area (Å²) in [6, 6.07) is 1.75. The van der Waals surface area contributed by atoms with Crippen LogP contribution in [-0.4, -0.2) is 16.2 Å². The fraction of sp³-hybridized carbons (Fsp3) is 0.417. The minimum Gasteiger partial charge on any atom is -0.507 e. The number of rotatable bonds is 2. The summed E-state index contributed by atoms with van der Waals surface area (Å²) >= 11 is 0. The van der Waals surface area contributed by atoms with Crippen molar-refractivity contribution < 1.29 is 15.0 Å². The van der Waals surface area contributed by atoms with Gasteiger partial charge >= 0.3 is 5.97 Å². The summed E-state index contributed by atoms with van der Waals surface area (Å²) in [5.41, 5.74) is 3.11. The van der Waals surface area contributed by atoms with E-state index >= 15 is 0 Å². The van der Waals surface area contributed by atoms with Crippen LogP contribution in [0.5, 0.6) is 5.75 Å². The Balaban J connectivity index is 3.38. The maximum absolute atomic E-state index is 10.9. The molecule has 0 aliphatic carbocycles. The average molecular weight is 208 g/mol. The monoisotopic (exact) mass is 208 g/mol. The maximum Gasteiger partial charge on any atom is 0.310 e. The average Bonchev–Trinajstić information content (AvgIpc) is 2.19. The third-order valence-corrected chi connectivity index (χ3v) is 2.93. The highest BCUT2D eigenvalue weighted by molar-refractivity contribution is 5.76. The van der Waals surface area contributed by atoms with Gasteiger partial charge in [0.1, 0.15) is 5.75 Å². The molecule has 0 bridgehead atoms. The van der Waals surface area contributed by atoms with E-state index in [0.29, 0.717) is 0 Å². The molecule has 1 unspecified atom stereocenters. The number of carbonyl (C=O) groups is 1. The molecule has 0 fully saturated rings. The Kier molecular flexibility index (Phi) is 3.03. The summed E-state index contributed by atoms with van der Waals surface area (Å²) in [4.78, 5) is 10.9. The SMILES string of the molecule is Cc1cc(C(C)C(=O)O)c(C)c(C)c1O. The number of aliphatic carboxylic acids is 1. The van der Waals surface area contributed by atoms with Gasteiger partial charge in [0.2, 0.25) is 0 Å². The summed E-state index contributed by atoms with van der Waals surface area (Å²) in [5.74, 6) is -1.13. The van der Waals surface area contributed by atoms with Gasteiger partial charge in [0, 0.05) is 0 Å². The first kappa shape index (κ1) is 11.6. The molecular weight excluding hydrogens is 192 g/mol. The highest BCUT2D eigenvalue weighted by Crippen LogP contribution is 2.31. The normalized spacial score (nSPS) is 12.5. The Morgan fingerprint density at radius 1 is 1.27 bits per heavy atom. The van der Waals surface area contributed by atoms with Gasteiger partial charge in [-0.3, -0.25) is 4.79 Å². The molecule has 82 valence electrons. The second-order valence-electron chi connectivity index (χ2n) is 3.94. The van der Waals surface area contributed by atoms with Crippen LogP contribution in [0.3, 0.4) is 0 Å². The van der Waals surface area contributed by atoms with E-state index in [9.17, 15) is 9.90 Å². The predicted molar refractivity (Wildman–Crippen MR) is 58.4 cm³/mol. The number of phenols is 1. The molecule has 0 aliphatic rings. The number of carboxylic acid groups (broad SMARTS) is 1. The van der Waals surface area contributed by atoms with Gasteiger partial charge in [-0.05, 0) is 49.9 Å². The fourth-order valence-corrected chi connectivity index (χ4v) is 1.68. The topological polar surface area (TPSA) is 57.5 Å². The van der Waals surface area contributed by atoms with Crippen LogP contribution in [0.2, 0.25) is 0 Å². The van der Waals surface area contributed by atoms with Crippen molar-refractivity contribution in [3.63, 3.8) is 0 Å². The standard InChI is InChI=1S/C12H16O3/c1-6-5-10(9(4)12(14)15)7(2)8(3)11(6)13/h5,9,13H,1-4H3,(H,14,15). The lowest BCUT2D eigenvalue weighted by atomic mass is 9.91. The largest absolute Gasteiger partial charge is 0.507 e. The molecule has 0 radical (unpaired) electrons. The van der Waals surface area contributed by atoms with E-state index in [4.69, 9.17) is 5.11 Å². The van der Waals surface area contributed by atoms with Gasteiger partial charge in [-0.25, -0.2) is 0 Å². The zero-order valence-electron chi connectivity index (χ0n) is 9.46. The van der Waals surface area contributed by atoms with Crippen LogP contribution in [0.25, 0.3) is 0 Å². The second-order valence-corrected chi connectivity index (χ2v) is 3.94. The Labute approximate surface area is 89.4 Å². The van der Waals surface area contributed by atoms with Crippen molar-refractivity contribution in [2.45, 2.75) is 33.6 Å². The lowest BCUT2D eigenvalue weighted by molar-refractivity contribution is -0.138. The number of hydrogen-bond donors (Lipinski definition) is 2. The van der Waals surface area contributed by atoms with Gasteiger partial charge in [-0.1, -0.05) is 6.07 Å². The van der Waals surface area contributed by atoms with Crippen LogP contribution in [0.15, 0.2) is 6.07 Å². The molecule has 2 N–H and O–H groups in total. The van der Waals surface area contributed by atoms with E-state index in [2.05, 4.69) is 0 Å². The van der Waals surface area contributed by atoms with Crippen LogP contribution in [0.4, 0.5) is 0 Å². The first-order valence-electron chi connectivity index (χ1n) is 4.88. The van der Waals surface area contributed by atoms with Crippen molar-refractivity contribution in [1.82, 2.24) is 0 Å². The van der Waals surface area contributed by atoms with Crippen molar-refractivity contribution >= 4 is 5.97 Å². The van der Waals surface area contributed by atoms with Crippen LogP contribution in [-0.2, 0) is 4.79 Å². The Morgan fingerprint density at radius 2 is 1.80 bits per heavy atom. The highest BCUT2D eigenvalue weighted by atomic mass is 16.4. The number of phenolic OH excluding ortho intramolecular Hbond substituents is 1. The molecule has 3 heteroatoms. The van der Waals surface area contributed by atoms with E-state index < -0.39 is 11.9 Å². The number of aromatic hydroxyl groups is 1.